The lowest BCUT2D eigenvalue weighted by Crippen LogP contribution is -2.33. The summed E-state index contributed by atoms with van der Waals surface area (Å²) in [6.07, 6.45) is 1.40. The number of benzene rings is 2. The van der Waals surface area contributed by atoms with Crippen LogP contribution in [0.4, 0.5) is 10.5 Å². The van der Waals surface area contributed by atoms with Crippen molar-refractivity contribution in [2.24, 2.45) is 0 Å². The third-order valence-corrected chi connectivity index (χ3v) is 5.91. The summed E-state index contributed by atoms with van der Waals surface area (Å²) in [6, 6.07) is 11.0. The molecule has 0 radical (unpaired) electrons. The van der Waals surface area contributed by atoms with Gasteiger partial charge in [0.05, 0.1) is 20.8 Å². The molecule has 0 aliphatic carbocycles. The van der Waals surface area contributed by atoms with Gasteiger partial charge in [-0.1, -0.05) is 34.1 Å². The number of hydrogen-bond acceptors (Lipinski definition) is 6. The van der Waals surface area contributed by atoms with E-state index in [1.54, 1.807) is 30.3 Å². The number of ketones is 1. The van der Waals surface area contributed by atoms with Crippen LogP contribution in [0.1, 0.15) is 15.9 Å². The van der Waals surface area contributed by atoms with Gasteiger partial charge in [0.2, 0.25) is 0 Å². The van der Waals surface area contributed by atoms with Crippen LogP contribution in [-0.4, -0.2) is 33.3 Å². The van der Waals surface area contributed by atoms with Crippen molar-refractivity contribution in [3.05, 3.63) is 77.6 Å². The molecule has 2 aromatic carbocycles. The van der Waals surface area contributed by atoms with Gasteiger partial charge in [0.15, 0.2) is 5.78 Å². The van der Waals surface area contributed by atoms with Crippen molar-refractivity contribution in [2.45, 2.75) is 0 Å². The molecule has 0 saturated carbocycles. The summed E-state index contributed by atoms with van der Waals surface area (Å²) in [5, 5.41) is 10.5. The number of imide groups is 1. The molecule has 0 atom stereocenters. The van der Waals surface area contributed by atoms with E-state index in [2.05, 4.69) is 31.9 Å². The monoisotopic (exact) mass is 524 g/mol. The van der Waals surface area contributed by atoms with E-state index in [0.717, 1.165) is 9.37 Å². The fourth-order valence-corrected chi connectivity index (χ4v) is 3.91. The maximum Gasteiger partial charge on any atom is 0.293 e. The molecule has 2 aromatic rings. The van der Waals surface area contributed by atoms with Gasteiger partial charge in [-0.25, -0.2) is 0 Å². The smallest absolute Gasteiger partial charge is 0.292 e. The molecule has 1 aliphatic heterocycles. The van der Waals surface area contributed by atoms with E-state index >= 15 is 0 Å². The summed E-state index contributed by atoms with van der Waals surface area (Å²) in [5.74, 6) is -0.971. The van der Waals surface area contributed by atoms with Crippen LogP contribution in [0.15, 0.2) is 56.3 Å². The second-order valence-corrected chi connectivity index (χ2v) is 8.43. The number of nitrogens with zero attached hydrogens (tertiary/aromatic N) is 2. The first-order valence-corrected chi connectivity index (χ1v) is 10.1. The Balaban J connectivity index is 1.80. The Morgan fingerprint density at radius 2 is 1.82 bits per heavy atom. The second kappa shape index (κ2) is 8.38. The molecule has 1 aliphatic rings. The summed E-state index contributed by atoms with van der Waals surface area (Å²) >= 11 is 7.06. The number of Topliss-reactive ketones (excluding diaryl/α,β-unsaturated/α-hetero) is 1. The molecule has 10 heteroatoms. The molecule has 0 bridgehead atoms. The van der Waals surface area contributed by atoms with Gasteiger partial charge in [-0.2, -0.15) is 0 Å². The lowest BCUT2D eigenvalue weighted by atomic mass is 10.1. The molecule has 0 spiro atoms. The first kappa shape index (κ1) is 20.4. The third kappa shape index (κ3) is 4.40. The summed E-state index contributed by atoms with van der Waals surface area (Å²) in [6.45, 7) is -0.371. The number of hydrogen-bond donors (Lipinski definition) is 0. The minimum atomic E-state index is -0.606. The highest BCUT2D eigenvalue weighted by atomic mass is 79.9. The van der Waals surface area contributed by atoms with Gasteiger partial charge >= 0.3 is 0 Å². The van der Waals surface area contributed by atoms with Gasteiger partial charge < -0.3 is 0 Å². The van der Waals surface area contributed by atoms with Crippen LogP contribution in [0.5, 0.6) is 0 Å². The SMILES string of the molecule is O=C(CN1C(=O)S/C(=C\c2ccc(Br)c([N+](=O)[O-])c2)C1=O)c1ccc(Br)cc1. The summed E-state index contributed by atoms with van der Waals surface area (Å²) in [4.78, 5) is 48.5. The molecule has 0 N–H and O–H groups in total. The van der Waals surface area contributed by atoms with E-state index < -0.39 is 16.1 Å². The fraction of sp³-hybridized carbons (Fsp3) is 0.0556. The van der Waals surface area contributed by atoms with E-state index in [-0.39, 0.29) is 22.9 Å². The first-order valence-electron chi connectivity index (χ1n) is 7.74. The summed E-state index contributed by atoms with van der Waals surface area (Å²) in [7, 11) is 0. The van der Waals surface area contributed by atoms with Gasteiger partial charge in [0.25, 0.3) is 16.8 Å². The summed E-state index contributed by atoms with van der Waals surface area (Å²) < 4.78 is 1.12. The van der Waals surface area contributed by atoms with Crippen molar-refractivity contribution < 1.29 is 19.3 Å². The van der Waals surface area contributed by atoms with E-state index in [9.17, 15) is 24.5 Å². The average Bonchev–Trinajstić information content (AvgIpc) is 2.91. The van der Waals surface area contributed by atoms with Gasteiger partial charge in [0.1, 0.15) is 0 Å². The maximum atomic E-state index is 12.5. The maximum absolute atomic E-state index is 12.5. The number of nitro groups is 1. The zero-order valence-corrected chi connectivity index (χ0v) is 17.9. The van der Waals surface area contributed by atoms with Crippen molar-refractivity contribution in [3.8, 4) is 0 Å². The Kier molecular flexibility index (Phi) is 6.11. The van der Waals surface area contributed by atoms with Crippen molar-refractivity contribution in [1.82, 2.24) is 4.90 Å². The molecule has 2 amide bonds. The molecule has 7 nitrogen and oxygen atoms in total. The third-order valence-electron chi connectivity index (χ3n) is 3.81. The topological polar surface area (TPSA) is 97.6 Å². The van der Waals surface area contributed by atoms with E-state index in [1.807, 2.05) is 0 Å². The van der Waals surface area contributed by atoms with Crippen LogP contribution in [0, 0.1) is 10.1 Å². The average molecular weight is 526 g/mol. The molecular weight excluding hydrogens is 516 g/mol. The van der Waals surface area contributed by atoms with Crippen LogP contribution in [0.25, 0.3) is 6.08 Å². The number of thioether (sulfide) groups is 1. The standard InChI is InChI=1S/C18H10Br2N2O5S/c19-12-4-2-11(3-5-12)15(23)9-21-17(24)16(28-18(21)25)8-10-1-6-13(20)14(7-10)22(26)27/h1-8H,9H2/b16-8-. The Morgan fingerprint density at radius 3 is 2.46 bits per heavy atom. The summed E-state index contributed by atoms with van der Waals surface area (Å²) in [5.41, 5.74) is 0.632. The number of carbonyl (C=O) groups is 3. The predicted octanol–water partition coefficient (Wildman–Crippen LogP) is 5.04. The van der Waals surface area contributed by atoms with Gasteiger partial charge in [0, 0.05) is 16.1 Å². The molecule has 28 heavy (non-hydrogen) atoms. The number of rotatable bonds is 5. The zero-order chi connectivity index (χ0) is 20.4. The normalized spacial score (nSPS) is 15.4. The Hall–Kier alpha value is -2.30. The minimum absolute atomic E-state index is 0.102. The molecule has 1 saturated heterocycles. The number of halogens is 2. The van der Waals surface area contributed by atoms with Crippen LogP contribution in [0.2, 0.25) is 0 Å². The Labute approximate surface area is 180 Å². The molecule has 142 valence electrons. The molecule has 1 fully saturated rings. The van der Waals surface area contributed by atoms with Crippen molar-refractivity contribution in [3.63, 3.8) is 0 Å². The largest absolute Gasteiger partial charge is 0.293 e. The van der Waals surface area contributed by atoms with Crippen molar-refractivity contribution >= 4 is 72.3 Å². The van der Waals surface area contributed by atoms with Crippen molar-refractivity contribution in [2.75, 3.05) is 6.54 Å². The quantitative estimate of drug-likeness (QED) is 0.235. The van der Waals surface area contributed by atoms with E-state index in [1.165, 1.54) is 18.2 Å². The molecular formula is C18H10Br2N2O5S. The molecule has 0 aromatic heterocycles. The van der Waals surface area contributed by atoms with Crippen LogP contribution in [-0.2, 0) is 4.79 Å². The number of nitro benzene ring substituents is 1. The van der Waals surface area contributed by atoms with Crippen LogP contribution >= 0.6 is 43.6 Å². The predicted molar refractivity (Wildman–Crippen MR) is 112 cm³/mol. The lowest BCUT2D eigenvalue weighted by Gasteiger charge is -2.11. The van der Waals surface area contributed by atoms with Crippen LogP contribution in [0.3, 0.4) is 0 Å². The van der Waals surface area contributed by atoms with E-state index in [0.29, 0.717) is 27.4 Å². The van der Waals surface area contributed by atoms with E-state index in [4.69, 9.17) is 0 Å². The van der Waals surface area contributed by atoms with Crippen molar-refractivity contribution in [1.29, 1.82) is 0 Å². The number of carbonyl (C=O) groups excluding carboxylic acids is 3. The highest BCUT2D eigenvalue weighted by Gasteiger charge is 2.36. The second-order valence-electron chi connectivity index (χ2n) is 5.67. The van der Waals surface area contributed by atoms with Gasteiger partial charge in [-0.15, -0.1) is 0 Å². The lowest BCUT2D eigenvalue weighted by molar-refractivity contribution is -0.385. The van der Waals surface area contributed by atoms with Gasteiger partial charge in [-0.3, -0.25) is 29.4 Å². The Morgan fingerprint density at radius 1 is 1.14 bits per heavy atom. The molecule has 0 unspecified atom stereocenters. The van der Waals surface area contributed by atoms with Crippen LogP contribution < -0.4 is 0 Å². The fourth-order valence-electron chi connectivity index (χ4n) is 2.42. The Bertz CT molecular complexity index is 1040. The molecule has 1 heterocycles. The zero-order valence-electron chi connectivity index (χ0n) is 13.9. The minimum Gasteiger partial charge on any atom is -0.292 e. The number of amides is 2. The highest BCUT2D eigenvalue weighted by Crippen LogP contribution is 2.34. The van der Waals surface area contributed by atoms with Gasteiger partial charge in [-0.05, 0) is 57.5 Å². The first-order chi connectivity index (χ1) is 13.3. The molecule has 3 rings (SSSR count). The highest BCUT2D eigenvalue weighted by molar-refractivity contribution is 9.10.